The molecule has 3 aromatic rings. The smallest absolute Gasteiger partial charge is 0.246 e. The Morgan fingerprint density at radius 1 is 1.30 bits per heavy atom. The van der Waals surface area contributed by atoms with Crippen molar-refractivity contribution in [2.75, 3.05) is 0 Å². The van der Waals surface area contributed by atoms with Gasteiger partial charge in [0.25, 0.3) is 5.82 Å². The van der Waals surface area contributed by atoms with Crippen LogP contribution in [0.3, 0.4) is 0 Å². The van der Waals surface area contributed by atoms with E-state index in [9.17, 15) is 4.39 Å². The highest BCUT2D eigenvalue weighted by molar-refractivity contribution is 7.13. The maximum atomic E-state index is 12.9. The Balaban J connectivity index is 1.80. The first-order chi connectivity index (χ1) is 9.74. The van der Waals surface area contributed by atoms with Crippen molar-refractivity contribution in [3.8, 4) is 16.6 Å². The maximum absolute atomic E-state index is 12.9. The average molecular weight is 285 g/mol. The molecule has 98 valence electrons. The summed E-state index contributed by atoms with van der Waals surface area (Å²) in [4.78, 5) is 8.30. The van der Waals surface area contributed by atoms with Crippen LogP contribution in [-0.4, -0.2) is 19.7 Å². The molecule has 0 aliphatic heterocycles. The first kappa shape index (κ1) is 12.4. The van der Waals surface area contributed by atoms with Crippen LogP contribution in [0.4, 0.5) is 4.39 Å². The molecular formula is C13H8FN5S. The number of hydrogen-bond acceptors (Lipinski definition) is 5. The zero-order chi connectivity index (χ0) is 13.9. The molecular weight excluding hydrogens is 277 g/mol. The van der Waals surface area contributed by atoms with Crippen LogP contribution in [-0.2, 0) is 6.54 Å². The van der Waals surface area contributed by atoms with Crippen LogP contribution in [0.1, 0.15) is 11.5 Å². The number of hydrogen-bond donors (Lipinski definition) is 0. The normalized spacial score (nSPS) is 10.4. The number of nitriles is 1. The minimum Gasteiger partial charge on any atom is -0.246 e. The van der Waals surface area contributed by atoms with Crippen LogP contribution in [0.2, 0.25) is 0 Å². The first-order valence-electron chi connectivity index (χ1n) is 5.74. The Labute approximate surface area is 118 Å². The monoisotopic (exact) mass is 285 g/mol. The molecule has 2 aromatic heterocycles. The van der Waals surface area contributed by atoms with Crippen LogP contribution < -0.4 is 0 Å². The number of nitrogens with zero attached hydrogens (tertiary/aromatic N) is 5. The summed E-state index contributed by atoms with van der Waals surface area (Å²) < 4.78 is 14.4. The zero-order valence-corrected chi connectivity index (χ0v) is 11.0. The maximum Gasteiger partial charge on any atom is 0.252 e. The van der Waals surface area contributed by atoms with E-state index < -0.39 is 0 Å². The Bertz CT molecular complexity index is 769. The largest absolute Gasteiger partial charge is 0.252 e. The lowest BCUT2D eigenvalue weighted by Gasteiger charge is -1.96. The van der Waals surface area contributed by atoms with Gasteiger partial charge in [-0.25, -0.2) is 19.0 Å². The second-order valence-corrected chi connectivity index (χ2v) is 4.89. The highest BCUT2D eigenvalue weighted by Crippen LogP contribution is 2.24. The van der Waals surface area contributed by atoms with E-state index in [-0.39, 0.29) is 11.6 Å². The van der Waals surface area contributed by atoms with E-state index in [1.54, 1.807) is 16.8 Å². The molecule has 0 aliphatic rings. The molecule has 0 bridgehead atoms. The van der Waals surface area contributed by atoms with Crippen LogP contribution in [0, 0.1) is 17.1 Å². The number of benzene rings is 1. The Morgan fingerprint density at radius 2 is 2.10 bits per heavy atom. The van der Waals surface area contributed by atoms with Gasteiger partial charge in [-0.2, -0.15) is 5.26 Å². The summed E-state index contributed by atoms with van der Waals surface area (Å²) in [5, 5.41) is 15.4. The number of aromatic nitrogens is 4. The summed E-state index contributed by atoms with van der Waals surface area (Å²) in [6.07, 6.45) is 1.50. The molecule has 0 atom stereocenters. The molecule has 0 saturated carbocycles. The average Bonchev–Trinajstić information content (AvgIpc) is 3.09. The minimum atomic E-state index is -0.267. The van der Waals surface area contributed by atoms with Crippen molar-refractivity contribution in [3.63, 3.8) is 0 Å². The Kier molecular flexibility index (Phi) is 3.23. The summed E-state index contributed by atoms with van der Waals surface area (Å²) in [6, 6.07) is 8.08. The van der Waals surface area contributed by atoms with Crippen LogP contribution in [0.15, 0.2) is 36.0 Å². The van der Waals surface area contributed by atoms with Crippen LogP contribution in [0.5, 0.6) is 0 Å². The van der Waals surface area contributed by atoms with Gasteiger partial charge < -0.3 is 0 Å². The summed E-state index contributed by atoms with van der Waals surface area (Å²) in [5.74, 6) is -0.129. The van der Waals surface area contributed by atoms with E-state index in [2.05, 4.69) is 15.1 Å². The van der Waals surface area contributed by atoms with Gasteiger partial charge in [0.05, 0.1) is 12.2 Å². The molecule has 0 N–H and O–H groups in total. The van der Waals surface area contributed by atoms with Crippen molar-refractivity contribution in [1.29, 1.82) is 5.26 Å². The third-order valence-corrected chi connectivity index (χ3v) is 3.54. The summed E-state index contributed by atoms with van der Waals surface area (Å²) in [5.41, 5.74) is 1.70. The third kappa shape index (κ3) is 2.55. The van der Waals surface area contributed by atoms with E-state index in [1.807, 2.05) is 11.4 Å². The number of halogens is 1. The fourth-order valence-corrected chi connectivity index (χ4v) is 2.51. The molecule has 20 heavy (non-hydrogen) atoms. The summed E-state index contributed by atoms with van der Waals surface area (Å²) >= 11 is 1.48. The van der Waals surface area contributed by atoms with E-state index in [4.69, 9.17) is 5.26 Å². The quantitative estimate of drug-likeness (QED) is 0.741. The standard InChI is InChI=1S/C13H8FN5S/c14-10-3-1-9(2-4-10)13-17-11(7-20-13)6-19-8-16-12(5-15)18-19/h1-4,7-8H,6H2. The van der Waals surface area contributed by atoms with Crippen LogP contribution in [0.25, 0.3) is 10.6 Å². The molecule has 3 rings (SSSR count). The Hall–Kier alpha value is -2.59. The molecule has 0 saturated heterocycles. The highest BCUT2D eigenvalue weighted by atomic mass is 32.1. The number of thiazole rings is 1. The molecule has 2 heterocycles. The van der Waals surface area contributed by atoms with Gasteiger partial charge in [0, 0.05) is 10.9 Å². The van der Waals surface area contributed by atoms with Gasteiger partial charge in [-0.1, -0.05) is 0 Å². The molecule has 1 aromatic carbocycles. The van der Waals surface area contributed by atoms with Crippen molar-refractivity contribution in [2.45, 2.75) is 6.54 Å². The van der Waals surface area contributed by atoms with Crippen LogP contribution >= 0.6 is 11.3 Å². The van der Waals surface area contributed by atoms with E-state index in [0.29, 0.717) is 6.54 Å². The first-order valence-corrected chi connectivity index (χ1v) is 6.62. The fraction of sp³-hybridized carbons (Fsp3) is 0.0769. The lowest BCUT2D eigenvalue weighted by molar-refractivity contribution is 0.628. The predicted octanol–water partition coefficient (Wildman–Crippen LogP) is 2.46. The van der Waals surface area contributed by atoms with Gasteiger partial charge in [0.1, 0.15) is 23.2 Å². The molecule has 0 spiro atoms. The fourth-order valence-electron chi connectivity index (χ4n) is 1.69. The molecule has 7 heteroatoms. The summed E-state index contributed by atoms with van der Waals surface area (Å²) in [7, 11) is 0. The highest BCUT2D eigenvalue weighted by Gasteiger charge is 2.07. The van der Waals surface area contributed by atoms with Crippen molar-refractivity contribution in [1.82, 2.24) is 19.7 Å². The molecule has 0 unspecified atom stereocenters. The second-order valence-electron chi connectivity index (χ2n) is 4.03. The van der Waals surface area contributed by atoms with Gasteiger partial charge in [-0.3, -0.25) is 0 Å². The number of rotatable bonds is 3. The SMILES string of the molecule is N#Cc1ncn(Cc2csc(-c3ccc(F)cc3)n2)n1. The topological polar surface area (TPSA) is 67.4 Å². The molecule has 5 nitrogen and oxygen atoms in total. The van der Waals surface area contributed by atoms with Crippen molar-refractivity contribution < 1.29 is 4.39 Å². The van der Waals surface area contributed by atoms with E-state index in [0.717, 1.165) is 16.3 Å². The Morgan fingerprint density at radius 3 is 2.80 bits per heavy atom. The summed E-state index contributed by atoms with van der Waals surface area (Å²) in [6.45, 7) is 0.451. The predicted molar refractivity (Wildman–Crippen MR) is 71.3 cm³/mol. The van der Waals surface area contributed by atoms with Gasteiger partial charge in [-0.05, 0) is 24.3 Å². The van der Waals surface area contributed by atoms with Gasteiger partial charge in [0.15, 0.2) is 0 Å². The lowest BCUT2D eigenvalue weighted by atomic mass is 10.2. The lowest BCUT2D eigenvalue weighted by Crippen LogP contribution is -2.00. The van der Waals surface area contributed by atoms with Crippen molar-refractivity contribution in [2.24, 2.45) is 0 Å². The van der Waals surface area contributed by atoms with Gasteiger partial charge >= 0.3 is 0 Å². The molecule has 0 radical (unpaired) electrons. The zero-order valence-electron chi connectivity index (χ0n) is 10.2. The van der Waals surface area contributed by atoms with E-state index in [1.165, 1.54) is 29.8 Å². The molecule has 0 aliphatic carbocycles. The van der Waals surface area contributed by atoms with Gasteiger partial charge in [0.2, 0.25) is 0 Å². The third-order valence-electron chi connectivity index (χ3n) is 2.60. The van der Waals surface area contributed by atoms with Crippen molar-refractivity contribution >= 4 is 11.3 Å². The van der Waals surface area contributed by atoms with E-state index >= 15 is 0 Å². The molecule has 0 amide bonds. The minimum absolute atomic E-state index is 0.138. The molecule has 0 fully saturated rings. The van der Waals surface area contributed by atoms with Gasteiger partial charge in [-0.15, -0.1) is 16.4 Å². The van der Waals surface area contributed by atoms with Crippen molar-refractivity contribution in [3.05, 3.63) is 53.3 Å². The second kappa shape index (κ2) is 5.19.